The third-order valence-corrected chi connectivity index (χ3v) is 6.61. The highest BCUT2D eigenvalue weighted by Gasteiger charge is 2.31. The number of nitrogens with zero attached hydrogens (tertiary/aromatic N) is 2. The third kappa shape index (κ3) is 7.62. The standard InChI is InChI=1S/C23H29Cl2N3O4S/c1-15(2)26-23(30)17(4)27(13-18-8-6-16(3)7-9-18)22(29)14-28(33(5,31)32)21-12-19(24)10-11-20(21)25/h6-12,15,17H,13-14H2,1-5H3,(H,26,30)/t17-/m1/s1. The van der Waals surface area contributed by atoms with Crippen LogP contribution in [0.1, 0.15) is 31.9 Å². The van der Waals surface area contributed by atoms with Crippen LogP contribution in [0, 0.1) is 6.92 Å². The first-order chi connectivity index (χ1) is 15.3. The summed E-state index contributed by atoms with van der Waals surface area (Å²) in [7, 11) is -3.89. The van der Waals surface area contributed by atoms with Gasteiger partial charge in [0.05, 0.1) is 17.0 Å². The van der Waals surface area contributed by atoms with Gasteiger partial charge in [0.1, 0.15) is 12.6 Å². The van der Waals surface area contributed by atoms with Gasteiger partial charge in [-0.2, -0.15) is 0 Å². The van der Waals surface area contributed by atoms with Gasteiger partial charge in [-0.3, -0.25) is 13.9 Å². The first-order valence-electron chi connectivity index (χ1n) is 10.4. The molecule has 0 heterocycles. The molecule has 0 spiro atoms. The second kappa shape index (κ2) is 11.2. The number of halogens is 2. The quantitative estimate of drug-likeness (QED) is 0.548. The van der Waals surface area contributed by atoms with Gasteiger partial charge in [-0.15, -0.1) is 0 Å². The number of rotatable bonds is 9. The average Bonchev–Trinajstić information content (AvgIpc) is 2.71. The molecule has 0 aliphatic carbocycles. The number of nitrogens with one attached hydrogen (secondary N) is 1. The highest BCUT2D eigenvalue weighted by molar-refractivity contribution is 7.92. The second-order valence-corrected chi connectivity index (χ2v) is 11.0. The number of aryl methyl sites for hydroxylation is 1. The molecule has 0 radical (unpaired) electrons. The van der Waals surface area contributed by atoms with Crippen molar-refractivity contribution in [1.29, 1.82) is 0 Å². The third-order valence-electron chi connectivity index (χ3n) is 4.93. The molecule has 33 heavy (non-hydrogen) atoms. The van der Waals surface area contributed by atoms with E-state index in [1.807, 2.05) is 45.0 Å². The van der Waals surface area contributed by atoms with Crippen molar-refractivity contribution in [3.05, 3.63) is 63.6 Å². The number of anilines is 1. The highest BCUT2D eigenvalue weighted by atomic mass is 35.5. The average molecular weight is 514 g/mol. The van der Waals surface area contributed by atoms with Crippen LogP contribution in [0.5, 0.6) is 0 Å². The Balaban J connectivity index is 2.42. The Labute approximate surface area is 205 Å². The molecular weight excluding hydrogens is 485 g/mol. The van der Waals surface area contributed by atoms with Crippen LogP contribution < -0.4 is 9.62 Å². The minimum absolute atomic E-state index is 0.0922. The van der Waals surface area contributed by atoms with E-state index in [1.54, 1.807) is 6.92 Å². The maximum Gasteiger partial charge on any atom is 0.244 e. The van der Waals surface area contributed by atoms with E-state index in [1.165, 1.54) is 23.1 Å². The van der Waals surface area contributed by atoms with Gasteiger partial charge < -0.3 is 10.2 Å². The zero-order valence-electron chi connectivity index (χ0n) is 19.3. The number of amides is 2. The molecule has 2 aromatic carbocycles. The first-order valence-corrected chi connectivity index (χ1v) is 13.0. The minimum Gasteiger partial charge on any atom is -0.352 e. The molecule has 0 aliphatic rings. The van der Waals surface area contributed by atoms with Crippen LogP contribution in [0.15, 0.2) is 42.5 Å². The molecular formula is C23H29Cl2N3O4S. The number of benzene rings is 2. The van der Waals surface area contributed by atoms with Crippen molar-refractivity contribution in [2.45, 2.75) is 46.3 Å². The van der Waals surface area contributed by atoms with Gasteiger partial charge in [0.25, 0.3) is 0 Å². The molecule has 180 valence electrons. The Hall–Kier alpha value is -2.29. The van der Waals surface area contributed by atoms with E-state index < -0.39 is 28.5 Å². The largest absolute Gasteiger partial charge is 0.352 e. The number of sulfonamides is 1. The Morgan fingerprint density at radius 3 is 2.18 bits per heavy atom. The molecule has 1 N–H and O–H groups in total. The van der Waals surface area contributed by atoms with Crippen LogP contribution in [0.2, 0.25) is 10.0 Å². The summed E-state index contributed by atoms with van der Waals surface area (Å²) in [5, 5.41) is 3.21. The molecule has 0 saturated carbocycles. The fraction of sp³-hybridized carbons (Fsp3) is 0.391. The Bertz CT molecular complexity index is 1110. The van der Waals surface area contributed by atoms with Gasteiger partial charge in [-0.05, 0) is 51.5 Å². The topological polar surface area (TPSA) is 86.8 Å². The van der Waals surface area contributed by atoms with Crippen LogP contribution in [0.25, 0.3) is 0 Å². The lowest BCUT2D eigenvalue weighted by Gasteiger charge is -2.32. The molecule has 0 fully saturated rings. The maximum absolute atomic E-state index is 13.4. The molecule has 2 aromatic rings. The fourth-order valence-corrected chi connectivity index (χ4v) is 4.44. The Morgan fingerprint density at radius 1 is 1.03 bits per heavy atom. The fourth-order valence-electron chi connectivity index (χ4n) is 3.15. The van der Waals surface area contributed by atoms with Crippen molar-refractivity contribution in [3.63, 3.8) is 0 Å². The van der Waals surface area contributed by atoms with Crippen LogP contribution >= 0.6 is 23.2 Å². The van der Waals surface area contributed by atoms with E-state index in [0.717, 1.165) is 21.7 Å². The van der Waals surface area contributed by atoms with Gasteiger partial charge >= 0.3 is 0 Å². The molecule has 0 aliphatic heterocycles. The number of carbonyl (C=O) groups is 2. The normalized spacial score (nSPS) is 12.4. The molecule has 2 amide bonds. The van der Waals surface area contributed by atoms with Crippen molar-refractivity contribution >= 4 is 50.7 Å². The SMILES string of the molecule is Cc1ccc(CN(C(=O)CN(c2cc(Cl)ccc2Cl)S(C)(=O)=O)[C@H](C)C(=O)NC(C)C)cc1. The lowest BCUT2D eigenvalue weighted by molar-refractivity contribution is -0.139. The monoisotopic (exact) mass is 513 g/mol. The van der Waals surface area contributed by atoms with Crippen molar-refractivity contribution < 1.29 is 18.0 Å². The van der Waals surface area contributed by atoms with E-state index in [4.69, 9.17) is 23.2 Å². The van der Waals surface area contributed by atoms with E-state index >= 15 is 0 Å². The zero-order valence-corrected chi connectivity index (χ0v) is 21.6. The van der Waals surface area contributed by atoms with Gasteiger partial charge in [0.2, 0.25) is 21.8 Å². The van der Waals surface area contributed by atoms with Gasteiger partial charge in [0, 0.05) is 17.6 Å². The molecule has 0 aromatic heterocycles. The summed E-state index contributed by atoms with van der Waals surface area (Å²) < 4.78 is 26.0. The maximum atomic E-state index is 13.4. The molecule has 10 heteroatoms. The molecule has 2 rings (SSSR count). The zero-order chi connectivity index (χ0) is 24.9. The summed E-state index contributed by atoms with van der Waals surface area (Å²) >= 11 is 12.3. The summed E-state index contributed by atoms with van der Waals surface area (Å²) in [6.45, 7) is 6.80. The molecule has 0 saturated heterocycles. The lowest BCUT2D eigenvalue weighted by atomic mass is 10.1. The molecule has 0 bridgehead atoms. The number of hydrogen-bond acceptors (Lipinski definition) is 4. The predicted molar refractivity (Wildman–Crippen MR) is 133 cm³/mol. The van der Waals surface area contributed by atoms with Crippen molar-refractivity contribution in [1.82, 2.24) is 10.2 Å². The van der Waals surface area contributed by atoms with E-state index in [0.29, 0.717) is 0 Å². The Kier molecular flexibility index (Phi) is 9.17. The number of hydrogen-bond donors (Lipinski definition) is 1. The summed E-state index contributed by atoms with van der Waals surface area (Å²) in [6.07, 6.45) is 0.983. The lowest BCUT2D eigenvalue weighted by Crippen LogP contribution is -2.52. The van der Waals surface area contributed by atoms with Crippen molar-refractivity contribution in [2.75, 3.05) is 17.1 Å². The first kappa shape index (κ1) is 27.0. The van der Waals surface area contributed by atoms with Crippen molar-refractivity contribution in [3.8, 4) is 0 Å². The van der Waals surface area contributed by atoms with Gasteiger partial charge in [0.15, 0.2) is 0 Å². The van der Waals surface area contributed by atoms with E-state index in [2.05, 4.69) is 5.32 Å². The molecule has 7 nitrogen and oxygen atoms in total. The molecule has 0 unspecified atom stereocenters. The van der Waals surface area contributed by atoms with E-state index in [-0.39, 0.29) is 34.2 Å². The molecule has 1 atom stereocenters. The predicted octanol–water partition coefficient (Wildman–Crippen LogP) is 4.01. The van der Waals surface area contributed by atoms with Gasteiger partial charge in [-0.25, -0.2) is 8.42 Å². The minimum atomic E-state index is -3.89. The van der Waals surface area contributed by atoms with Crippen LogP contribution in [0.3, 0.4) is 0 Å². The van der Waals surface area contributed by atoms with Crippen LogP contribution in [-0.4, -0.2) is 50.0 Å². The summed E-state index contributed by atoms with van der Waals surface area (Å²) in [6, 6.07) is 11.0. The Morgan fingerprint density at radius 2 is 1.64 bits per heavy atom. The van der Waals surface area contributed by atoms with Crippen LogP contribution in [0.4, 0.5) is 5.69 Å². The second-order valence-electron chi connectivity index (χ2n) is 8.21. The van der Waals surface area contributed by atoms with E-state index in [9.17, 15) is 18.0 Å². The summed E-state index contributed by atoms with van der Waals surface area (Å²) in [5.74, 6) is -0.888. The smallest absolute Gasteiger partial charge is 0.244 e. The van der Waals surface area contributed by atoms with Crippen molar-refractivity contribution in [2.24, 2.45) is 0 Å². The van der Waals surface area contributed by atoms with Crippen LogP contribution in [-0.2, 0) is 26.2 Å². The number of carbonyl (C=O) groups excluding carboxylic acids is 2. The highest BCUT2D eigenvalue weighted by Crippen LogP contribution is 2.30. The summed E-state index contributed by atoms with van der Waals surface area (Å²) in [5.41, 5.74) is 1.96. The van der Waals surface area contributed by atoms with Gasteiger partial charge in [-0.1, -0.05) is 53.0 Å². The summed E-state index contributed by atoms with van der Waals surface area (Å²) in [4.78, 5) is 27.5.